The van der Waals surface area contributed by atoms with Crippen LogP contribution in [-0.2, 0) is 0 Å². The number of ether oxygens (including phenoxy) is 2. The highest BCUT2D eigenvalue weighted by atomic mass is 16.5. The van der Waals surface area contributed by atoms with E-state index in [0.717, 1.165) is 28.2 Å². The van der Waals surface area contributed by atoms with Gasteiger partial charge in [-0.1, -0.05) is 12.1 Å². The molecule has 0 amide bonds. The lowest BCUT2D eigenvalue weighted by atomic mass is 10.3. The molecular weight excluding hydrogens is 254 g/mol. The SMILES string of the molecule is COc1ccc2nc(Nc3ccccc3OC)[nH]c2c1. The van der Waals surface area contributed by atoms with Crippen LogP contribution in [0.3, 0.4) is 0 Å². The second-order valence-corrected chi connectivity index (χ2v) is 4.29. The molecule has 5 nitrogen and oxygen atoms in total. The van der Waals surface area contributed by atoms with Crippen LogP contribution in [-0.4, -0.2) is 24.2 Å². The van der Waals surface area contributed by atoms with Crippen molar-refractivity contribution in [2.45, 2.75) is 0 Å². The maximum absolute atomic E-state index is 5.30. The van der Waals surface area contributed by atoms with Gasteiger partial charge in [0.05, 0.1) is 30.9 Å². The molecule has 5 heteroatoms. The normalized spacial score (nSPS) is 10.5. The molecule has 0 saturated carbocycles. The molecule has 2 N–H and O–H groups in total. The summed E-state index contributed by atoms with van der Waals surface area (Å²) >= 11 is 0. The fourth-order valence-electron chi connectivity index (χ4n) is 2.05. The second-order valence-electron chi connectivity index (χ2n) is 4.29. The van der Waals surface area contributed by atoms with Crippen molar-refractivity contribution in [2.75, 3.05) is 19.5 Å². The molecule has 0 saturated heterocycles. The van der Waals surface area contributed by atoms with E-state index in [4.69, 9.17) is 9.47 Å². The van der Waals surface area contributed by atoms with Gasteiger partial charge in [0.2, 0.25) is 5.95 Å². The van der Waals surface area contributed by atoms with Crippen LogP contribution in [0.4, 0.5) is 11.6 Å². The lowest BCUT2D eigenvalue weighted by Gasteiger charge is -2.07. The van der Waals surface area contributed by atoms with Gasteiger partial charge in [0.15, 0.2) is 0 Å². The number of aromatic amines is 1. The molecule has 0 aliphatic heterocycles. The Hall–Kier alpha value is -2.69. The van der Waals surface area contributed by atoms with E-state index in [2.05, 4.69) is 15.3 Å². The summed E-state index contributed by atoms with van der Waals surface area (Å²) in [7, 11) is 3.29. The molecule has 0 aliphatic carbocycles. The minimum atomic E-state index is 0.665. The van der Waals surface area contributed by atoms with Crippen molar-refractivity contribution >= 4 is 22.7 Å². The Morgan fingerprint density at radius 3 is 2.70 bits per heavy atom. The van der Waals surface area contributed by atoms with Gasteiger partial charge >= 0.3 is 0 Å². The average molecular weight is 269 g/mol. The van der Waals surface area contributed by atoms with Crippen LogP contribution < -0.4 is 14.8 Å². The third-order valence-corrected chi connectivity index (χ3v) is 3.05. The number of nitrogens with zero attached hydrogens (tertiary/aromatic N) is 1. The molecule has 1 aromatic heterocycles. The van der Waals surface area contributed by atoms with Crippen molar-refractivity contribution in [3.8, 4) is 11.5 Å². The van der Waals surface area contributed by atoms with Crippen molar-refractivity contribution in [3.63, 3.8) is 0 Å². The minimum absolute atomic E-state index is 0.665. The number of anilines is 2. The second kappa shape index (κ2) is 5.13. The number of imidazole rings is 1. The predicted molar refractivity (Wildman–Crippen MR) is 78.9 cm³/mol. The number of methoxy groups -OCH3 is 2. The van der Waals surface area contributed by atoms with Gasteiger partial charge < -0.3 is 19.8 Å². The van der Waals surface area contributed by atoms with Crippen LogP contribution in [0.1, 0.15) is 0 Å². The maximum atomic E-state index is 5.30. The van der Waals surface area contributed by atoms with E-state index in [1.165, 1.54) is 0 Å². The molecule has 3 aromatic rings. The highest BCUT2D eigenvalue weighted by molar-refractivity contribution is 5.80. The number of rotatable bonds is 4. The molecule has 0 atom stereocenters. The van der Waals surface area contributed by atoms with Crippen LogP contribution in [0.2, 0.25) is 0 Å². The third kappa shape index (κ3) is 2.25. The van der Waals surface area contributed by atoms with E-state index in [1.807, 2.05) is 42.5 Å². The van der Waals surface area contributed by atoms with Crippen molar-refractivity contribution < 1.29 is 9.47 Å². The van der Waals surface area contributed by atoms with Gasteiger partial charge in [-0.2, -0.15) is 0 Å². The van der Waals surface area contributed by atoms with Gasteiger partial charge in [-0.3, -0.25) is 0 Å². The summed E-state index contributed by atoms with van der Waals surface area (Å²) in [6, 6.07) is 13.4. The minimum Gasteiger partial charge on any atom is -0.497 e. The molecule has 2 aromatic carbocycles. The zero-order valence-corrected chi connectivity index (χ0v) is 11.3. The van der Waals surface area contributed by atoms with Crippen LogP contribution >= 0.6 is 0 Å². The van der Waals surface area contributed by atoms with Gasteiger partial charge in [0.1, 0.15) is 11.5 Å². The third-order valence-electron chi connectivity index (χ3n) is 3.05. The van der Waals surface area contributed by atoms with Crippen molar-refractivity contribution in [1.82, 2.24) is 9.97 Å². The predicted octanol–water partition coefficient (Wildman–Crippen LogP) is 3.32. The van der Waals surface area contributed by atoms with E-state index in [1.54, 1.807) is 14.2 Å². The molecule has 0 spiro atoms. The van der Waals surface area contributed by atoms with Gasteiger partial charge in [0, 0.05) is 6.07 Å². The zero-order valence-electron chi connectivity index (χ0n) is 11.3. The molecule has 3 rings (SSSR count). The highest BCUT2D eigenvalue weighted by Crippen LogP contribution is 2.27. The number of aromatic nitrogens is 2. The van der Waals surface area contributed by atoms with Crippen LogP contribution in [0.25, 0.3) is 11.0 Å². The molecule has 0 aliphatic rings. The molecule has 0 radical (unpaired) electrons. The monoisotopic (exact) mass is 269 g/mol. The van der Waals surface area contributed by atoms with E-state index < -0.39 is 0 Å². The Kier molecular flexibility index (Phi) is 3.16. The molecule has 0 unspecified atom stereocenters. The quantitative estimate of drug-likeness (QED) is 0.762. The molecule has 0 fully saturated rings. The summed E-state index contributed by atoms with van der Waals surface area (Å²) in [4.78, 5) is 7.69. The van der Waals surface area contributed by atoms with Gasteiger partial charge in [0.25, 0.3) is 0 Å². The number of H-pyrrole nitrogens is 1. The Morgan fingerprint density at radius 1 is 1.05 bits per heavy atom. The number of fused-ring (bicyclic) bond motifs is 1. The van der Waals surface area contributed by atoms with Crippen LogP contribution in [0.5, 0.6) is 11.5 Å². The first-order valence-electron chi connectivity index (χ1n) is 6.24. The largest absolute Gasteiger partial charge is 0.497 e. The summed E-state index contributed by atoms with van der Waals surface area (Å²) in [5.74, 6) is 2.23. The Morgan fingerprint density at radius 2 is 1.90 bits per heavy atom. The molecule has 1 heterocycles. The summed E-state index contributed by atoms with van der Waals surface area (Å²) < 4.78 is 10.5. The summed E-state index contributed by atoms with van der Waals surface area (Å²) in [6.07, 6.45) is 0. The zero-order chi connectivity index (χ0) is 13.9. The van der Waals surface area contributed by atoms with E-state index in [-0.39, 0.29) is 0 Å². The Labute approximate surface area is 116 Å². The molecular formula is C15H15N3O2. The van der Waals surface area contributed by atoms with Crippen molar-refractivity contribution in [3.05, 3.63) is 42.5 Å². The van der Waals surface area contributed by atoms with Crippen LogP contribution in [0.15, 0.2) is 42.5 Å². The van der Waals surface area contributed by atoms with Gasteiger partial charge in [-0.15, -0.1) is 0 Å². The van der Waals surface area contributed by atoms with E-state index in [0.29, 0.717) is 5.95 Å². The Balaban J connectivity index is 1.94. The summed E-state index contributed by atoms with van der Waals surface area (Å²) in [5.41, 5.74) is 2.66. The summed E-state index contributed by atoms with van der Waals surface area (Å²) in [5, 5.41) is 3.22. The molecule has 102 valence electrons. The lowest BCUT2D eigenvalue weighted by molar-refractivity contribution is 0.415. The first kappa shape index (κ1) is 12.3. The Bertz CT molecular complexity index is 737. The molecule has 0 bridgehead atoms. The summed E-state index contributed by atoms with van der Waals surface area (Å²) in [6.45, 7) is 0. The number of nitrogens with one attached hydrogen (secondary N) is 2. The number of hydrogen-bond acceptors (Lipinski definition) is 4. The van der Waals surface area contributed by atoms with Crippen LogP contribution in [0, 0.1) is 0 Å². The fourth-order valence-corrected chi connectivity index (χ4v) is 2.05. The van der Waals surface area contributed by atoms with E-state index >= 15 is 0 Å². The maximum Gasteiger partial charge on any atom is 0.205 e. The smallest absolute Gasteiger partial charge is 0.205 e. The lowest BCUT2D eigenvalue weighted by Crippen LogP contribution is -1.95. The topological polar surface area (TPSA) is 59.2 Å². The first-order chi connectivity index (χ1) is 9.80. The van der Waals surface area contributed by atoms with Gasteiger partial charge in [-0.05, 0) is 24.3 Å². The van der Waals surface area contributed by atoms with E-state index in [9.17, 15) is 0 Å². The van der Waals surface area contributed by atoms with Crippen molar-refractivity contribution in [2.24, 2.45) is 0 Å². The van der Waals surface area contributed by atoms with Gasteiger partial charge in [-0.25, -0.2) is 4.98 Å². The standard InChI is InChI=1S/C15H15N3O2/c1-19-10-7-8-11-13(9-10)18-15(16-11)17-12-5-3-4-6-14(12)20-2/h3-9H,1-2H3,(H2,16,17,18). The average Bonchev–Trinajstić information content (AvgIpc) is 2.89. The number of benzene rings is 2. The highest BCUT2D eigenvalue weighted by Gasteiger charge is 2.07. The number of para-hydroxylation sites is 2. The fraction of sp³-hybridized carbons (Fsp3) is 0.133. The first-order valence-corrected chi connectivity index (χ1v) is 6.24. The van der Waals surface area contributed by atoms with Crippen molar-refractivity contribution in [1.29, 1.82) is 0 Å². The molecule has 20 heavy (non-hydrogen) atoms. The number of hydrogen-bond donors (Lipinski definition) is 2.